The number of carbonyl (C=O) groups is 6. The van der Waals surface area contributed by atoms with Gasteiger partial charge in [-0.15, -0.1) is 0 Å². The van der Waals surface area contributed by atoms with Crippen LogP contribution in [0.2, 0.25) is 5.02 Å². The van der Waals surface area contributed by atoms with E-state index in [2.05, 4.69) is 15.6 Å². The summed E-state index contributed by atoms with van der Waals surface area (Å²) < 4.78 is 31.9. The Labute approximate surface area is 386 Å². The number of hydrogen-bond donors (Lipinski definition) is 3. The number of halogens is 2. The van der Waals surface area contributed by atoms with Crippen molar-refractivity contribution >= 4 is 63.6 Å². The van der Waals surface area contributed by atoms with E-state index in [4.69, 9.17) is 31.5 Å². The predicted octanol–water partition coefficient (Wildman–Crippen LogP) is 6.05. The molecule has 1 aromatic heterocycles. The topological polar surface area (TPSA) is 200 Å². The Morgan fingerprint density at radius 2 is 1.62 bits per heavy atom. The normalized spacial score (nSPS) is 21.1. The minimum absolute atomic E-state index is 0.00965. The highest BCUT2D eigenvalue weighted by molar-refractivity contribution is 6.32. The summed E-state index contributed by atoms with van der Waals surface area (Å²) in [5.74, 6) is -2.26. The molecule has 4 aliphatic rings. The Morgan fingerprint density at radius 1 is 0.879 bits per heavy atom. The Hall–Kier alpha value is -5.97. The smallest absolute Gasteiger partial charge is 0.262 e. The number of nitrogens with zero attached hydrogens (tertiary/aromatic N) is 3. The molecule has 2 saturated heterocycles. The summed E-state index contributed by atoms with van der Waals surface area (Å²) in [5, 5.41) is 6.61. The highest BCUT2D eigenvalue weighted by Crippen LogP contribution is 2.47. The van der Waals surface area contributed by atoms with Gasteiger partial charge in [-0.1, -0.05) is 17.7 Å². The number of fused-ring (bicyclic) bond motifs is 2. The summed E-state index contributed by atoms with van der Waals surface area (Å²) in [4.78, 5) is 83.3. The van der Waals surface area contributed by atoms with Crippen molar-refractivity contribution in [3.8, 4) is 5.75 Å². The van der Waals surface area contributed by atoms with Gasteiger partial charge in [-0.05, 0) is 117 Å². The van der Waals surface area contributed by atoms with Gasteiger partial charge in [-0.3, -0.25) is 44.0 Å². The van der Waals surface area contributed by atoms with Crippen LogP contribution in [0.1, 0.15) is 102 Å². The molecular formula is C49H54ClFN6O9. The molecular weight excluding hydrogens is 871 g/mol. The molecule has 2 unspecified atom stereocenters. The number of hydrogen-bond acceptors (Lipinski definition) is 11. The second-order valence-electron chi connectivity index (χ2n) is 17.6. The number of nitrogens with one attached hydrogen (secondary N) is 2. The average Bonchev–Trinajstić information content (AvgIpc) is 3.56. The number of nitrogens with two attached hydrogens (primary N) is 1. The molecule has 0 radical (unpaired) electrons. The van der Waals surface area contributed by atoms with Crippen molar-refractivity contribution in [2.24, 2.45) is 11.7 Å². The number of primary amides is 1. The highest BCUT2D eigenvalue weighted by Gasteiger charge is 2.45. The molecule has 4 N–H and O–H groups in total. The van der Waals surface area contributed by atoms with Crippen molar-refractivity contribution in [3.63, 3.8) is 0 Å². The maximum absolute atomic E-state index is 14.2. The first-order valence-electron chi connectivity index (χ1n) is 22.6. The summed E-state index contributed by atoms with van der Waals surface area (Å²) in [6.07, 6.45) is 6.37. The Bertz CT molecular complexity index is 2530. The van der Waals surface area contributed by atoms with Gasteiger partial charge in [0, 0.05) is 56.2 Å². The minimum Gasteiger partial charge on any atom is -0.489 e. The van der Waals surface area contributed by atoms with Crippen molar-refractivity contribution < 1.29 is 47.4 Å². The lowest BCUT2D eigenvalue weighted by Crippen LogP contribution is -2.54. The molecule has 3 aromatic carbocycles. The van der Waals surface area contributed by atoms with Gasteiger partial charge >= 0.3 is 0 Å². The molecule has 1 aliphatic carbocycles. The van der Waals surface area contributed by atoms with E-state index in [0.29, 0.717) is 68.8 Å². The predicted molar refractivity (Wildman–Crippen MR) is 242 cm³/mol. The fraction of sp³-hybridized carbons (Fsp3) is 0.449. The van der Waals surface area contributed by atoms with Gasteiger partial charge in [0.25, 0.3) is 11.8 Å². The van der Waals surface area contributed by atoms with E-state index in [1.165, 1.54) is 6.07 Å². The number of likely N-dealkylation sites (tertiary alicyclic amines) is 1. The zero-order chi connectivity index (χ0) is 46.5. The third kappa shape index (κ3) is 9.91. The van der Waals surface area contributed by atoms with Gasteiger partial charge in [-0.2, -0.15) is 0 Å². The third-order valence-corrected chi connectivity index (χ3v) is 14.0. The van der Waals surface area contributed by atoms with Crippen LogP contribution in [-0.2, 0) is 34.1 Å². The number of imide groups is 2. The molecule has 0 bridgehead atoms. The molecule has 2 atom stereocenters. The number of aromatic nitrogens is 1. The molecule has 348 valence electrons. The zero-order valence-corrected chi connectivity index (χ0v) is 37.6. The average molecular weight is 925 g/mol. The van der Waals surface area contributed by atoms with Crippen LogP contribution in [-0.4, -0.2) is 108 Å². The first-order chi connectivity index (χ1) is 31.8. The summed E-state index contributed by atoms with van der Waals surface area (Å²) in [5.41, 5.74) is 8.81. The molecule has 66 heavy (non-hydrogen) atoms. The van der Waals surface area contributed by atoms with Crippen LogP contribution in [0.25, 0.3) is 10.9 Å². The van der Waals surface area contributed by atoms with Crippen LogP contribution in [0, 0.1) is 11.7 Å². The van der Waals surface area contributed by atoms with E-state index in [9.17, 15) is 33.2 Å². The lowest BCUT2D eigenvalue weighted by atomic mass is 9.63. The monoisotopic (exact) mass is 924 g/mol. The summed E-state index contributed by atoms with van der Waals surface area (Å²) in [7, 11) is 0. The lowest BCUT2D eigenvalue weighted by Gasteiger charge is -2.40. The first-order valence-corrected chi connectivity index (χ1v) is 23.0. The van der Waals surface area contributed by atoms with E-state index >= 15 is 0 Å². The molecule has 1 saturated carbocycles. The Morgan fingerprint density at radius 3 is 2.36 bits per heavy atom. The fourth-order valence-electron chi connectivity index (χ4n) is 9.86. The second-order valence-corrected chi connectivity index (χ2v) is 18.0. The van der Waals surface area contributed by atoms with E-state index in [-0.39, 0.29) is 66.7 Å². The van der Waals surface area contributed by atoms with Crippen molar-refractivity contribution in [2.75, 3.05) is 51.4 Å². The number of benzene rings is 3. The van der Waals surface area contributed by atoms with Crippen LogP contribution in [0.4, 0.5) is 10.1 Å². The highest BCUT2D eigenvalue weighted by atomic mass is 35.5. The van der Waals surface area contributed by atoms with Crippen molar-refractivity contribution in [3.05, 3.63) is 100.0 Å². The number of carbonyl (C=O) groups excluding carboxylic acids is 6. The summed E-state index contributed by atoms with van der Waals surface area (Å²) in [6.45, 7) is 4.56. The van der Waals surface area contributed by atoms with E-state index in [0.717, 1.165) is 52.6 Å². The van der Waals surface area contributed by atoms with Crippen molar-refractivity contribution in [2.45, 2.75) is 88.2 Å². The van der Waals surface area contributed by atoms with Crippen molar-refractivity contribution in [1.29, 1.82) is 0 Å². The molecule has 3 aliphatic heterocycles. The molecule has 4 heterocycles. The minimum atomic E-state index is -1.02. The SMILES string of the molecule is CC(C(N)=O)(c1ccc(Cl)c(OC2CCN(C(=O)CCOCCOCCNc3ccc4c(c3)C(=O)N(C3CCC(=O)NC3=O)C4=O)CC2)c1)C1CCC(c2ccnc3ccc(F)cc23)CC1. The van der Waals surface area contributed by atoms with Gasteiger partial charge in [0.15, 0.2) is 0 Å². The largest absolute Gasteiger partial charge is 0.489 e. The molecule has 15 nitrogen and oxygen atoms in total. The second kappa shape index (κ2) is 20.3. The number of rotatable bonds is 17. The van der Waals surface area contributed by atoms with Crippen LogP contribution in [0.5, 0.6) is 5.75 Å². The number of anilines is 1. The molecule has 0 spiro atoms. The first kappa shape index (κ1) is 46.6. The molecule has 6 amide bonds. The van der Waals surface area contributed by atoms with Gasteiger partial charge in [-0.25, -0.2) is 4.39 Å². The standard InChI is InChI=1S/C49H54ClFN6O9/c1-49(48(52)63,30-4-2-29(3-5-30)35-14-18-54-40-11-7-32(51)27-37(35)40)31-6-10-39(50)42(26-31)66-34-15-20-56(21-16-34)44(59)17-22-64-24-25-65-23-19-53-33-8-9-36-38(28-33)47(62)57(46(36)61)41-12-13-43(58)55-45(41)60/h6-11,14,18,26-30,34,41,53H,2-5,12-13,15-17,19-25H2,1H3,(H2,52,63)(H,55,58,60). The summed E-state index contributed by atoms with van der Waals surface area (Å²) in [6, 6.07) is 15.9. The molecule has 4 aromatic rings. The maximum Gasteiger partial charge on any atom is 0.262 e. The van der Waals surface area contributed by atoms with Crippen molar-refractivity contribution in [1.82, 2.24) is 20.1 Å². The Kier molecular flexibility index (Phi) is 14.3. The van der Waals surface area contributed by atoms with Gasteiger partial charge in [0.2, 0.25) is 23.6 Å². The van der Waals surface area contributed by atoms with Crippen LogP contribution in [0.3, 0.4) is 0 Å². The zero-order valence-electron chi connectivity index (χ0n) is 36.8. The maximum atomic E-state index is 14.2. The van der Waals surface area contributed by atoms with Crippen LogP contribution >= 0.6 is 11.6 Å². The Balaban J connectivity index is 0.729. The van der Waals surface area contributed by atoms with E-state index in [1.54, 1.807) is 42.6 Å². The number of pyridine rings is 1. The molecule has 8 rings (SSSR count). The van der Waals surface area contributed by atoms with Crippen LogP contribution in [0.15, 0.2) is 66.9 Å². The van der Waals surface area contributed by atoms with Gasteiger partial charge < -0.3 is 30.2 Å². The number of amides is 6. The van der Waals surface area contributed by atoms with Gasteiger partial charge in [0.05, 0.1) is 59.9 Å². The third-order valence-electron chi connectivity index (χ3n) is 13.7. The van der Waals surface area contributed by atoms with Crippen LogP contribution < -0.4 is 21.1 Å². The fourth-order valence-corrected chi connectivity index (χ4v) is 10.0. The van der Waals surface area contributed by atoms with Gasteiger partial charge in [0.1, 0.15) is 23.7 Å². The quantitative estimate of drug-likeness (QED) is 0.0823. The van der Waals surface area contributed by atoms with E-state index in [1.807, 2.05) is 30.0 Å². The lowest BCUT2D eigenvalue weighted by molar-refractivity contribution is -0.136. The summed E-state index contributed by atoms with van der Waals surface area (Å²) >= 11 is 6.66. The number of piperidine rings is 2. The van der Waals surface area contributed by atoms with E-state index < -0.39 is 41.0 Å². The molecule has 3 fully saturated rings. The molecule has 17 heteroatoms. The number of ether oxygens (including phenoxy) is 3.